The van der Waals surface area contributed by atoms with Crippen LogP contribution in [0.4, 0.5) is 10.5 Å². The monoisotopic (exact) mass is 410 g/mol. The number of benzene rings is 1. The summed E-state index contributed by atoms with van der Waals surface area (Å²) in [6.45, 7) is 7.33. The van der Waals surface area contributed by atoms with E-state index in [2.05, 4.69) is 12.2 Å². The van der Waals surface area contributed by atoms with Crippen LogP contribution in [-0.2, 0) is 18.4 Å². The third-order valence-corrected chi connectivity index (χ3v) is 5.80. The molecule has 0 saturated heterocycles. The van der Waals surface area contributed by atoms with Gasteiger partial charge in [-0.15, -0.1) is 0 Å². The van der Waals surface area contributed by atoms with Crippen molar-refractivity contribution in [1.82, 2.24) is 14.4 Å². The van der Waals surface area contributed by atoms with Gasteiger partial charge >= 0.3 is 6.03 Å². The van der Waals surface area contributed by atoms with Gasteiger partial charge in [-0.2, -0.15) is 0 Å². The van der Waals surface area contributed by atoms with Gasteiger partial charge in [0.25, 0.3) is 0 Å². The first-order valence-corrected chi connectivity index (χ1v) is 10.9. The normalized spacial score (nSPS) is 13.2. The standard InChI is InChI=1S/C24H34N4O2/c1-5-6-15-27(24(30)25-23-18(2)9-7-10-19(23)3)17-22(29)28(20-12-13-20)16-21-11-8-14-26(21)4/h7-11,14,20H,5-6,12-13,15-17H2,1-4H3,(H,25,30). The zero-order valence-corrected chi connectivity index (χ0v) is 18.6. The van der Waals surface area contributed by atoms with Crippen molar-refractivity contribution in [2.24, 2.45) is 7.05 Å². The summed E-state index contributed by atoms with van der Waals surface area (Å²) >= 11 is 0. The van der Waals surface area contributed by atoms with Gasteiger partial charge in [-0.05, 0) is 56.4 Å². The van der Waals surface area contributed by atoms with Gasteiger partial charge in [0.15, 0.2) is 0 Å². The van der Waals surface area contributed by atoms with Gasteiger partial charge in [-0.1, -0.05) is 31.5 Å². The second-order valence-electron chi connectivity index (χ2n) is 8.34. The second kappa shape index (κ2) is 9.83. The van der Waals surface area contributed by atoms with Crippen LogP contribution in [0.2, 0.25) is 0 Å². The molecule has 162 valence electrons. The molecule has 1 saturated carbocycles. The number of hydrogen-bond donors (Lipinski definition) is 1. The largest absolute Gasteiger partial charge is 0.353 e. The third-order valence-electron chi connectivity index (χ3n) is 5.80. The van der Waals surface area contributed by atoms with E-state index in [9.17, 15) is 9.59 Å². The Hall–Kier alpha value is -2.76. The summed E-state index contributed by atoms with van der Waals surface area (Å²) in [6.07, 6.45) is 5.92. The molecule has 0 spiro atoms. The van der Waals surface area contributed by atoms with Gasteiger partial charge in [0, 0.05) is 37.2 Å². The van der Waals surface area contributed by atoms with E-state index < -0.39 is 0 Å². The van der Waals surface area contributed by atoms with Crippen LogP contribution in [0.1, 0.15) is 49.4 Å². The van der Waals surface area contributed by atoms with E-state index in [1.54, 1.807) is 4.90 Å². The molecule has 1 N–H and O–H groups in total. The Morgan fingerprint density at radius 2 is 1.83 bits per heavy atom. The Labute approximate surface area is 179 Å². The summed E-state index contributed by atoms with van der Waals surface area (Å²) in [5.41, 5.74) is 3.98. The van der Waals surface area contributed by atoms with Crippen molar-refractivity contribution in [3.8, 4) is 0 Å². The fraction of sp³-hybridized carbons (Fsp3) is 0.500. The van der Waals surface area contributed by atoms with E-state index in [1.807, 2.05) is 66.9 Å². The SMILES string of the molecule is CCCCN(CC(=O)N(Cc1cccn1C)C1CC1)C(=O)Nc1c(C)cccc1C. The lowest BCUT2D eigenvalue weighted by Crippen LogP contribution is -2.45. The number of anilines is 1. The van der Waals surface area contributed by atoms with Crippen molar-refractivity contribution in [1.29, 1.82) is 0 Å². The minimum atomic E-state index is -0.205. The lowest BCUT2D eigenvalue weighted by atomic mass is 10.1. The maximum absolute atomic E-state index is 13.2. The molecule has 2 aromatic rings. The molecule has 1 heterocycles. The van der Waals surface area contributed by atoms with Crippen molar-refractivity contribution in [3.63, 3.8) is 0 Å². The minimum Gasteiger partial charge on any atom is -0.353 e. The first-order valence-electron chi connectivity index (χ1n) is 10.9. The summed E-state index contributed by atoms with van der Waals surface area (Å²) in [7, 11) is 2.00. The molecule has 0 radical (unpaired) electrons. The number of carbonyl (C=O) groups excluding carboxylic acids is 2. The molecule has 0 atom stereocenters. The van der Waals surface area contributed by atoms with Crippen LogP contribution in [0.5, 0.6) is 0 Å². The van der Waals surface area contributed by atoms with Crippen LogP contribution in [0, 0.1) is 13.8 Å². The van der Waals surface area contributed by atoms with Crippen LogP contribution in [0.25, 0.3) is 0 Å². The van der Waals surface area contributed by atoms with E-state index in [0.717, 1.165) is 48.2 Å². The molecular weight excluding hydrogens is 376 g/mol. The number of rotatable bonds is 9. The predicted molar refractivity (Wildman–Crippen MR) is 120 cm³/mol. The van der Waals surface area contributed by atoms with E-state index in [-0.39, 0.29) is 18.5 Å². The number of hydrogen-bond acceptors (Lipinski definition) is 2. The number of aryl methyl sites for hydroxylation is 3. The van der Waals surface area contributed by atoms with E-state index in [4.69, 9.17) is 0 Å². The Balaban J connectivity index is 1.71. The molecule has 0 bridgehead atoms. The third kappa shape index (κ3) is 5.43. The zero-order valence-electron chi connectivity index (χ0n) is 18.6. The first kappa shape index (κ1) is 21.9. The van der Waals surface area contributed by atoms with Gasteiger partial charge in [-0.25, -0.2) is 4.79 Å². The van der Waals surface area contributed by atoms with Gasteiger partial charge in [0.05, 0.1) is 6.54 Å². The van der Waals surface area contributed by atoms with Gasteiger partial charge in [-0.3, -0.25) is 4.79 Å². The number of urea groups is 1. The maximum atomic E-state index is 13.2. The Morgan fingerprint density at radius 3 is 2.40 bits per heavy atom. The van der Waals surface area contributed by atoms with Gasteiger partial charge < -0.3 is 19.7 Å². The molecule has 6 heteroatoms. The topological polar surface area (TPSA) is 57.6 Å². The highest BCUT2D eigenvalue weighted by atomic mass is 16.2. The van der Waals surface area contributed by atoms with Gasteiger partial charge in [0.1, 0.15) is 6.54 Å². The van der Waals surface area contributed by atoms with Gasteiger partial charge in [0.2, 0.25) is 5.91 Å². The number of para-hydroxylation sites is 1. The number of amides is 3. The molecule has 1 aliphatic carbocycles. The Morgan fingerprint density at radius 1 is 1.13 bits per heavy atom. The van der Waals surface area contributed by atoms with Crippen molar-refractivity contribution in [2.45, 2.75) is 59.0 Å². The van der Waals surface area contributed by atoms with Crippen molar-refractivity contribution in [2.75, 3.05) is 18.4 Å². The average Bonchev–Trinajstić information content (AvgIpc) is 3.47. The smallest absolute Gasteiger partial charge is 0.322 e. The first-order chi connectivity index (χ1) is 14.4. The lowest BCUT2D eigenvalue weighted by Gasteiger charge is -2.28. The maximum Gasteiger partial charge on any atom is 0.322 e. The van der Waals surface area contributed by atoms with E-state index in [1.165, 1.54) is 0 Å². The molecule has 1 fully saturated rings. The molecule has 30 heavy (non-hydrogen) atoms. The van der Waals surface area contributed by atoms with Crippen LogP contribution < -0.4 is 5.32 Å². The van der Waals surface area contributed by atoms with Crippen LogP contribution in [0.3, 0.4) is 0 Å². The molecule has 3 rings (SSSR count). The molecule has 1 aliphatic rings. The lowest BCUT2D eigenvalue weighted by molar-refractivity contribution is -0.133. The van der Waals surface area contributed by atoms with Crippen molar-refractivity contribution >= 4 is 17.6 Å². The van der Waals surface area contributed by atoms with Crippen molar-refractivity contribution < 1.29 is 9.59 Å². The fourth-order valence-electron chi connectivity index (χ4n) is 3.70. The van der Waals surface area contributed by atoms with E-state index >= 15 is 0 Å². The number of aromatic nitrogens is 1. The number of nitrogens with zero attached hydrogens (tertiary/aromatic N) is 3. The highest BCUT2D eigenvalue weighted by Crippen LogP contribution is 2.29. The summed E-state index contributed by atoms with van der Waals surface area (Å²) in [5, 5.41) is 3.04. The zero-order chi connectivity index (χ0) is 21.7. The van der Waals surface area contributed by atoms with Crippen LogP contribution in [-0.4, -0.2) is 45.4 Å². The summed E-state index contributed by atoms with van der Waals surface area (Å²) in [4.78, 5) is 29.9. The van der Waals surface area contributed by atoms with Crippen LogP contribution >= 0.6 is 0 Å². The Kier molecular flexibility index (Phi) is 7.19. The molecular formula is C24H34N4O2. The second-order valence-corrected chi connectivity index (χ2v) is 8.34. The molecule has 0 aliphatic heterocycles. The van der Waals surface area contributed by atoms with Crippen molar-refractivity contribution in [3.05, 3.63) is 53.3 Å². The summed E-state index contributed by atoms with van der Waals surface area (Å²) in [6, 6.07) is 10.1. The highest BCUT2D eigenvalue weighted by Gasteiger charge is 2.34. The molecule has 3 amide bonds. The highest BCUT2D eigenvalue weighted by molar-refractivity contribution is 5.93. The van der Waals surface area contributed by atoms with Crippen LogP contribution in [0.15, 0.2) is 36.5 Å². The number of unbranched alkanes of at least 4 members (excludes halogenated alkanes) is 1. The predicted octanol–water partition coefficient (Wildman–Crippen LogP) is 4.47. The Bertz CT molecular complexity index is 865. The minimum absolute atomic E-state index is 0.0199. The summed E-state index contributed by atoms with van der Waals surface area (Å²) < 4.78 is 2.05. The quantitative estimate of drug-likeness (QED) is 0.663. The summed E-state index contributed by atoms with van der Waals surface area (Å²) in [5.74, 6) is 0.0199. The molecule has 1 aromatic carbocycles. The molecule has 1 aromatic heterocycles. The van der Waals surface area contributed by atoms with E-state index in [0.29, 0.717) is 19.1 Å². The molecule has 0 unspecified atom stereocenters. The number of nitrogens with one attached hydrogen (secondary N) is 1. The number of carbonyl (C=O) groups is 2. The fourth-order valence-corrected chi connectivity index (χ4v) is 3.70. The molecule has 6 nitrogen and oxygen atoms in total. The average molecular weight is 411 g/mol.